The molecule has 0 heterocycles. The van der Waals surface area contributed by atoms with Gasteiger partial charge in [-0.2, -0.15) is 0 Å². The molecule has 0 fully saturated rings. The Balaban J connectivity index is 1.41. The smallest absolute Gasteiger partial charge is 0.254 e. The van der Waals surface area contributed by atoms with Crippen molar-refractivity contribution in [3.05, 3.63) is 131 Å². The molecule has 38 heavy (non-hydrogen) atoms. The van der Waals surface area contributed by atoms with E-state index < -0.39 is 9.84 Å². The summed E-state index contributed by atoms with van der Waals surface area (Å²) in [5, 5.41) is 2.84. The topological polar surface area (TPSA) is 83.5 Å². The van der Waals surface area contributed by atoms with E-state index in [9.17, 15) is 18.0 Å². The van der Waals surface area contributed by atoms with E-state index in [-0.39, 0.29) is 28.9 Å². The van der Waals surface area contributed by atoms with Crippen molar-refractivity contribution >= 4 is 27.3 Å². The largest absolute Gasteiger partial charge is 0.330 e. The van der Waals surface area contributed by atoms with Crippen LogP contribution in [0.2, 0.25) is 0 Å². The van der Waals surface area contributed by atoms with Crippen LogP contribution in [-0.2, 0) is 34.1 Å². The van der Waals surface area contributed by atoms with Crippen molar-refractivity contribution in [1.29, 1.82) is 0 Å². The minimum Gasteiger partial charge on any atom is -0.330 e. The fraction of sp³-hybridized carbons (Fsp3) is 0.161. The van der Waals surface area contributed by atoms with Gasteiger partial charge in [0.2, 0.25) is 5.91 Å². The van der Waals surface area contributed by atoms with Crippen LogP contribution in [0.1, 0.15) is 34.0 Å². The number of carbonyl (C=O) groups is 2. The van der Waals surface area contributed by atoms with E-state index in [1.807, 2.05) is 60.7 Å². The van der Waals surface area contributed by atoms with Gasteiger partial charge in [0.25, 0.3) is 5.91 Å². The first-order valence-corrected chi connectivity index (χ1v) is 14.1. The molecule has 0 unspecified atom stereocenters. The Kier molecular flexibility index (Phi) is 8.71. The van der Waals surface area contributed by atoms with E-state index >= 15 is 0 Å². The zero-order valence-electron chi connectivity index (χ0n) is 21.2. The number of nitrogens with zero attached hydrogens (tertiary/aromatic N) is 1. The normalized spacial score (nSPS) is 11.1. The Morgan fingerprint density at radius 2 is 1.21 bits per heavy atom. The molecular weight excluding hydrogens is 496 g/mol. The molecular formula is C31H30N2O4S. The molecule has 7 heteroatoms. The third-order valence-electron chi connectivity index (χ3n) is 6.16. The number of rotatable bonds is 10. The van der Waals surface area contributed by atoms with Crippen molar-refractivity contribution in [3.63, 3.8) is 0 Å². The van der Waals surface area contributed by atoms with Crippen molar-refractivity contribution in [1.82, 2.24) is 4.90 Å². The summed E-state index contributed by atoms with van der Waals surface area (Å²) >= 11 is 0. The van der Waals surface area contributed by atoms with E-state index in [1.54, 1.807) is 48.2 Å². The number of amides is 2. The van der Waals surface area contributed by atoms with Gasteiger partial charge in [-0.3, -0.25) is 9.59 Å². The number of hydrogen-bond donors (Lipinski definition) is 1. The van der Waals surface area contributed by atoms with E-state index in [4.69, 9.17) is 0 Å². The first kappa shape index (κ1) is 26.8. The molecule has 1 N–H and O–H groups in total. The summed E-state index contributed by atoms with van der Waals surface area (Å²) in [7, 11) is -3.28. The lowest BCUT2D eigenvalue weighted by Gasteiger charge is -2.23. The Morgan fingerprint density at radius 3 is 1.71 bits per heavy atom. The molecule has 194 valence electrons. The summed E-state index contributed by atoms with van der Waals surface area (Å²) in [6.45, 7) is 2.55. The third kappa shape index (κ3) is 7.17. The minimum absolute atomic E-state index is 0.0294. The Hall–Kier alpha value is -4.23. The first-order valence-electron chi connectivity index (χ1n) is 12.4. The maximum Gasteiger partial charge on any atom is 0.254 e. The van der Waals surface area contributed by atoms with Gasteiger partial charge in [-0.1, -0.05) is 79.7 Å². The maximum absolute atomic E-state index is 13.4. The molecule has 0 saturated carbocycles. The second kappa shape index (κ2) is 12.3. The van der Waals surface area contributed by atoms with Crippen LogP contribution < -0.4 is 5.32 Å². The average molecular weight is 527 g/mol. The summed E-state index contributed by atoms with van der Waals surface area (Å²) in [6.07, 6.45) is 0.106. The molecule has 4 rings (SSSR count). The average Bonchev–Trinajstić information content (AvgIpc) is 2.94. The van der Waals surface area contributed by atoms with Gasteiger partial charge in [-0.05, 0) is 53.1 Å². The standard InChI is InChI=1S/C31H30N2O4S/c1-2-38(36,37)29-19-13-24(14-20-29)21-30(34)32-28-17-15-27(16-18-28)31(35)33(22-25-9-5-3-6-10-25)23-26-11-7-4-8-12-26/h3-20H,2,21-23H2,1H3,(H,32,34). The zero-order chi connectivity index (χ0) is 27.0. The van der Waals surface area contributed by atoms with Crippen molar-refractivity contribution in [3.8, 4) is 0 Å². The molecule has 0 atom stereocenters. The molecule has 0 aliphatic rings. The molecule has 0 aliphatic heterocycles. The van der Waals surface area contributed by atoms with Gasteiger partial charge < -0.3 is 10.2 Å². The van der Waals surface area contributed by atoms with Gasteiger partial charge in [0.15, 0.2) is 9.84 Å². The fourth-order valence-corrected chi connectivity index (χ4v) is 4.94. The molecule has 2 amide bonds. The molecule has 0 aliphatic carbocycles. The lowest BCUT2D eigenvalue weighted by molar-refractivity contribution is -0.115. The van der Waals surface area contributed by atoms with Crippen LogP contribution in [0.5, 0.6) is 0 Å². The van der Waals surface area contributed by atoms with Crippen LogP contribution in [0.15, 0.2) is 114 Å². The highest BCUT2D eigenvalue weighted by atomic mass is 32.2. The van der Waals surface area contributed by atoms with Crippen LogP contribution in [-0.4, -0.2) is 30.9 Å². The van der Waals surface area contributed by atoms with Crippen molar-refractivity contribution in [2.45, 2.75) is 31.3 Å². The van der Waals surface area contributed by atoms with Crippen LogP contribution >= 0.6 is 0 Å². The van der Waals surface area contributed by atoms with Crippen LogP contribution in [0.4, 0.5) is 5.69 Å². The fourth-order valence-electron chi connectivity index (χ4n) is 4.06. The van der Waals surface area contributed by atoms with Crippen molar-refractivity contribution in [2.75, 3.05) is 11.1 Å². The predicted molar refractivity (Wildman–Crippen MR) is 149 cm³/mol. The molecule has 0 spiro atoms. The van der Waals surface area contributed by atoms with Crippen LogP contribution in [0.3, 0.4) is 0 Å². The zero-order valence-corrected chi connectivity index (χ0v) is 22.0. The summed E-state index contributed by atoms with van der Waals surface area (Å²) in [4.78, 5) is 28.0. The number of anilines is 1. The van der Waals surface area contributed by atoms with Gasteiger partial charge in [-0.25, -0.2) is 8.42 Å². The number of sulfone groups is 1. The van der Waals surface area contributed by atoms with Crippen molar-refractivity contribution in [2.24, 2.45) is 0 Å². The minimum atomic E-state index is -3.28. The van der Waals surface area contributed by atoms with Crippen molar-refractivity contribution < 1.29 is 18.0 Å². The predicted octanol–water partition coefficient (Wildman–Crippen LogP) is 5.50. The van der Waals surface area contributed by atoms with Crippen LogP contribution in [0.25, 0.3) is 0 Å². The van der Waals surface area contributed by atoms with Gasteiger partial charge in [-0.15, -0.1) is 0 Å². The Bertz CT molecular complexity index is 1430. The van der Waals surface area contributed by atoms with E-state index in [1.165, 1.54) is 12.1 Å². The summed E-state index contributed by atoms with van der Waals surface area (Å²) < 4.78 is 23.9. The highest BCUT2D eigenvalue weighted by Crippen LogP contribution is 2.18. The van der Waals surface area contributed by atoms with Gasteiger partial charge >= 0.3 is 0 Å². The summed E-state index contributed by atoms with van der Waals surface area (Å²) in [5.41, 5.74) is 3.90. The van der Waals surface area contributed by atoms with E-state index in [2.05, 4.69) is 5.32 Å². The summed E-state index contributed by atoms with van der Waals surface area (Å²) in [5.74, 6) is -0.302. The highest BCUT2D eigenvalue weighted by Gasteiger charge is 2.17. The second-order valence-corrected chi connectivity index (χ2v) is 11.3. The number of nitrogens with one attached hydrogen (secondary N) is 1. The van der Waals surface area contributed by atoms with Gasteiger partial charge in [0.1, 0.15) is 0 Å². The lowest BCUT2D eigenvalue weighted by atomic mass is 10.1. The molecule has 0 saturated heterocycles. The third-order valence-corrected chi connectivity index (χ3v) is 7.91. The SMILES string of the molecule is CCS(=O)(=O)c1ccc(CC(=O)Nc2ccc(C(=O)N(Cc3ccccc3)Cc3ccccc3)cc2)cc1. The first-order chi connectivity index (χ1) is 18.3. The molecule has 4 aromatic carbocycles. The van der Waals surface area contributed by atoms with Gasteiger partial charge in [0.05, 0.1) is 17.1 Å². The van der Waals surface area contributed by atoms with E-state index in [0.29, 0.717) is 29.9 Å². The maximum atomic E-state index is 13.4. The molecule has 6 nitrogen and oxygen atoms in total. The molecule has 0 radical (unpaired) electrons. The lowest BCUT2D eigenvalue weighted by Crippen LogP contribution is -2.30. The second-order valence-electron chi connectivity index (χ2n) is 8.98. The number of hydrogen-bond acceptors (Lipinski definition) is 4. The molecule has 0 aromatic heterocycles. The Morgan fingerprint density at radius 1 is 0.684 bits per heavy atom. The number of benzene rings is 4. The monoisotopic (exact) mass is 526 g/mol. The molecule has 4 aromatic rings. The highest BCUT2D eigenvalue weighted by molar-refractivity contribution is 7.91. The van der Waals surface area contributed by atoms with Gasteiger partial charge in [0, 0.05) is 24.3 Å². The van der Waals surface area contributed by atoms with E-state index in [0.717, 1.165) is 11.1 Å². The quantitative estimate of drug-likeness (QED) is 0.296. The Labute approximate surface area is 223 Å². The van der Waals surface area contributed by atoms with Crippen LogP contribution in [0, 0.1) is 0 Å². The summed E-state index contributed by atoms with van der Waals surface area (Å²) in [6, 6.07) is 32.9. The molecule has 0 bridgehead atoms. The number of carbonyl (C=O) groups excluding carboxylic acids is 2.